The second-order valence-electron chi connectivity index (χ2n) is 8.92. The Morgan fingerprint density at radius 2 is 1.98 bits per heavy atom. The minimum atomic E-state index is -1.64. The molecule has 0 saturated carbocycles. The number of phenols is 1. The zero-order valence-electron chi connectivity index (χ0n) is 21.6. The van der Waals surface area contributed by atoms with Gasteiger partial charge in [0.2, 0.25) is 11.6 Å². The van der Waals surface area contributed by atoms with Gasteiger partial charge in [0.05, 0.1) is 29.1 Å². The molecular formula is C26H26F2N6O6S. The summed E-state index contributed by atoms with van der Waals surface area (Å²) in [5.41, 5.74) is 11.5. The third-order valence-corrected chi connectivity index (χ3v) is 7.42. The molecule has 12 nitrogen and oxygen atoms in total. The first-order valence-electron chi connectivity index (χ1n) is 12.1. The number of aromatic hydroxyl groups is 1. The number of carboxylic acids is 1. The van der Waals surface area contributed by atoms with E-state index in [1.54, 1.807) is 11.9 Å². The summed E-state index contributed by atoms with van der Waals surface area (Å²) >= 11 is 0. The molecule has 0 amide bonds. The fraction of sp³-hybridized carbons (Fsp3) is 0.231. The number of nitrogen functional groups attached to an aromatic ring is 1. The molecule has 0 radical (unpaired) electrons. The highest BCUT2D eigenvalue weighted by Gasteiger charge is 2.25. The Morgan fingerprint density at radius 3 is 2.63 bits per heavy atom. The van der Waals surface area contributed by atoms with Crippen molar-refractivity contribution in [3.8, 4) is 28.9 Å². The van der Waals surface area contributed by atoms with E-state index in [0.717, 1.165) is 0 Å². The molecule has 0 fully saturated rings. The number of nitrogens with two attached hydrogens (primary N) is 2. The molecule has 1 aliphatic heterocycles. The van der Waals surface area contributed by atoms with Gasteiger partial charge in [-0.2, -0.15) is 4.39 Å². The number of phenolic OH excluding ortho intramolecular Hbond substituents is 1. The number of carboxylic acid groups (broad SMARTS) is 1. The van der Waals surface area contributed by atoms with Crippen LogP contribution in [-0.4, -0.2) is 73.9 Å². The number of hydrogen-bond donors (Lipinski definition) is 5. The molecule has 216 valence electrons. The number of nitrogens with one attached hydrogen (secondary N) is 1. The Balaban J connectivity index is 1.68. The van der Waals surface area contributed by atoms with Crippen LogP contribution in [0.4, 0.5) is 8.78 Å². The molecule has 0 spiro atoms. The van der Waals surface area contributed by atoms with Crippen LogP contribution in [-0.2, 0) is 15.6 Å². The maximum absolute atomic E-state index is 15.5. The van der Waals surface area contributed by atoms with E-state index in [-0.39, 0.29) is 35.1 Å². The number of aromatic nitrogens is 1. The van der Waals surface area contributed by atoms with Gasteiger partial charge in [0.25, 0.3) is 5.88 Å². The minimum Gasteiger partial charge on any atom is -0.504 e. The van der Waals surface area contributed by atoms with E-state index in [2.05, 4.69) is 9.98 Å². The van der Waals surface area contributed by atoms with Gasteiger partial charge in [0.1, 0.15) is 23.5 Å². The number of amidine groups is 2. The molecule has 0 bridgehead atoms. The predicted octanol–water partition coefficient (Wildman–Crippen LogP) is 2.54. The summed E-state index contributed by atoms with van der Waals surface area (Å²) in [6, 6.07) is 6.86. The second kappa shape index (κ2) is 12.3. The molecule has 15 heteroatoms. The van der Waals surface area contributed by atoms with E-state index in [1.165, 1.54) is 36.4 Å². The lowest BCUT2D eigenvalue weighted by atomic mass is 10.1. The quantitative estimate of drug-likeness (QED) is 0.164. The van der Waals surface area contributed by atoms with Crippen LogP contribution in [0.5, 0.6) is 28.9 Å². The Morgan fingerprint density at radius 1 is 1.22 bits per heavy atom. The van der Waals surface area contributed by atoms with E-state index < -0.39 is 51.8 Å². The molecule has 1 aromatic heterocycles. The van der Waals surface area contributed by atoms with Crippen LogP contribution in [0.25, 0.3) is 0 Å². The summed E-state index contributed by atoms with van der Waals surface area (Å²) in [6.07, 6.45) is 0.644. The molecule has 2 unspecified atom stereocenters. The van der Waals surface area contributed by atoms with Gasteiger partial charge in [0, 0.05) is 29.8 Å². The third kappa shape index (κ3) is 6.58. The van der Waals surface area contributed by atoms with Crippen LogP contribution in [0, 0.1) is 17.0 Å². The van der Waals surface area contributed by atoms with Gasteiger partial charge in [-0.25, -0.2) is 9.37 Å². The average molecular weight is 589 g/mol. The first-order valence-corrected chi connectivity index (χ1v) is 13.4. The minimum absolute atomic E-state index is 0.0168. The average Bonchev–Trinajstić information content (AvgIpc) is 3.37. The monoisotopic (exact) mass is 588 g/mol. The fourth-order valence-electron chi connectivity index (χ4n) is 3.79. The van der Waals surface area contributed by atoms with Crippen LogP contribution in [0.3, 0.4) is 0 Å². The van der Waals surface area contributed by atoms with Gasteiger partial charge in [0.15, 0.2) is 17.3 Å². The smallest absolute Gasteiger partial charge is 0.320 e. The van der Waals surface area contributed by atoms with E-state index in [4.69, 9.17) is 31.5 Å². The molecular weight excluding hydrogens is 562 g/mol. The van der Waals surface area contributed by atoms with Gasteiger partial charge in [-0.3, -0.25) is 19.4 Å². The largest absolute Gasteiger partial charge is 0.504 e. The summed E-state index contributed by atoms with van der Waals surface area (Å²) in [5, 5.41) is 26.6. The van der Waals surface area contributed by atoms with Crippen LogP contribution < -0.4 is 20.9 Å². The van der Waals surface area contributed by atoms with Crippen molar-refractivity contribution in [3.63, 3.8) is 0 Å². The summed E-state index contributed by atoms with van der Waals surface area (Å²) in [5.74, 6) is -5.88. The number of rotatable bonds is 11. The van der Waals surface area contributed by atoms with Gasteiger partial charge < -0.3 is 36.1 Å². The lowest BCUT2D eigenvalue weighted by Gasteiger charge is -2.19. The van der Waals surface area contributed by atoms with Crippen LogP contribution >= 0.6 is 0 Å². The van der Waals surface area contributed by atoms with Crippen molar-refractivity contribution >= 4 is 28.4 Å². The van der Waals surface area contributed by atoms with Crippen molar-refractivity contribution in [1.82, 2.24) is 9.88 Å². The number of halogens is 2. The van der Waals surface area contributed by atoms with Crippen molar-refractivity contribution in [2.75, 3.05) is 25.9 Å². The Labute approximate surface area is 235 Å². The molecule has 4 rings (SSSR count). The Kier molecular flexibility index (Phi) is 8.78. The Hall–Kier alpha value is -4.63. The van der Waals surface area contributed by atoms with Crippen LogP contribution in [0.2, 0.25) is 0 Å². The van der Waals surface area contributed by atoms with Crippen molar-refractivity contribution in [1.29, 1.82) is 5.41 Å². The zero-order chi connectivity index (χ0) is 29.8. The van der Waals surface area contributed by atoms with E-state index in [9.17, 15) is 18.5 Å². The number of hydrogen-bond acceptors (Lipinski definition) is 10. The Bertz CT molecular complexity index is 1570. The van der Waals surface area contributed by atoms with Gasteiger partial charge >= 0.3 is 5.97 Å². The summed E-state index contributed by atoms with van der Waals surface area (Å²) in [4.78, 5) is 21.1. The summed E-state index contributed by atoms with van der Waals surface area (Å²) in [6.45, 7) is 1.01. The lowest BCUT2D eigenvalue weighted by molar-refractivity contribution is -0.138. The number of aliphatic carboxylic acids is 1. The van der Waals surface area contributed by atoms with E-state index in [1.807, 2.05) is 0 Å². The predicted molar refractivity (Wildman–Crippen MR) is 145 cm³/mol. The summed E-state index contributed by atoms with van der Waals surface area (Å²) < 4.78 is 54.2. The number of nitrogens with zero attached hydrogens (tertiary/aromatic N) is 3. The number of carbonyl (C=O) groups is 1. The normalized spacial score (nSPS) is 14.3. The first-order chi connectivity index (χ1) is 19.5. The molecule has 2 atom stereocenters. The SMILES string of the molecule is CN1CCN=C1c1cc(S(=O)CCC(N)C(=O)O)ccc1Oc1c(F)cnc(Oc2cc(C(=N)N)ccc2O)c1F. The number of ether oxygens (including phenoxy) is 2. The zero-order valence-corrected chi connectivity index (χ0v) is 22.5. The highest BCUT2D eigenvalue weighted by Crippen LogP contribution is 2.38. The number of aliphatic imine (C=N–C) groups is 1. The third-order valence-electron chi connectivity index (χ3n) is 6.03. The van der Waals surface area contributed by atoms with Crippen LogP contribution in [0.1, 0.15) is 17.5 Å². The van der Waals surface area contributed by atoms with E-state index >= 15 is 4.39 Å². The molecule has 41 heavy (non-hydrogen) atoms. The molecule has 2 aromatic carbocycles. The molecule has 7 N–H and O–H groups in total. The van der Waals surface area contributed by atoms with Crippen molar-refractivity contribution < 1.29 is 37.5 Å². The van der Waals surface area contributed by atoms with Gasteiger partial charge in [-0.1, -0.05) is 0 Å². The standard InChI is InChI=1S/C26H26F2N6O6S/c1-34-8-7-32-24(34)15-11-14(41(38)9-6-17(29)26(36)37)3-5-19(15)39-22-16(27)12-33-25(21(22)28)40-20-10-13(23(30)31)2-4-18(20)35/h2-5,10-12,17,35H,6-9,29H2,1H3,(H3,30,31)(H,36,37). The molecule has 3 aromatic rings. The molecule has 0 saturated heterocycles. The molecule has 0 aliphatic carbocycles. The topological polar surface area (TPSA) is 197 Å². The first kappa shape index (κ1) is 29.4. The maximum atomic E-state index is 15.5. The second-order valence-corrected chi connectivity index (χ2v) is 10.5. The van der Waals surface area contributed by atoms with E-state index in [0.29, 0.717) is 35.6 Å². The number of likely N-dealkylation sites (N-methyl/N-ethyl adjacent to an activating group) is 1. The van der Waals surface area contributed by atoms with Crippen molar-refractivity contribution in [2.45, 2.75) is 17.4 Å². The number of pyridine rings is 1. The van der Waals surface area contributed by atoms with Gasteiger partial charge in [-0.15, -0.1) is 0 Å². The van der Waals surface area contributed by atoms with Crippen molar-refractivity contribution in [2.24, 2.45) is 16.5 Å². The maximum Gasteiger partial charge on any atom is 0.320 e. The summed E-state index contributed by atoms with van der Waals surface area (Å²) in [7, 11) is 0.118. The lowest BCUT2D eigenvalue weighted by Crippen LogP contribution is -2.31. The van der Waals surface area contributed by atoms with Gasteiger partial charge in [-0.05, 0) is 42.8 Å². The number of benzene rings is 2. The fourth-order valence-corrected chi connectivity index (χ4v) is 4.96. The molecule has 2 heterocycles. The van der Waals surface area contributed by atoms with Crippen LogP contribution in [0.15, 0.2) is 52.5 Å². The highest BCUT2D eigenvalue weighted by molar-refractivity contribution is 7.85. The molecule has 1 aliphatic rings. The highest BCUT2D eigenvalue weighted by atomic mass is 32.2. The van der Waals surface area contributed by atoms with Crippen molar-refractivity contribution in [3.05, 3.63) is 65.4 Å².